The molecule has 0 aliphatic carbocycles. The predicted octanol–water partition coefficient (Wildman–Crippen LogP) is 2.44. The molecule has 1 N–H and O–H groups in total. The lowest BCUT2D eigenvalue weighted by molar-refractivity contribution is -0.123. The molecule has 0 bridgehead atoms. The van der Waals surface area contributed by atoms with Crippen LogP contribution in [0.5, 0.6) is 0 Å². The van der Waals surface area contributed by atoms with Crippen molar-refractivity contribution in [3.8, 4) is 0 Å². The molecule has 0 radical (unpaired) electrons. The van der Waals surface area contributed by atoms with Gasteiger partial charge in [-0.2, -0.15) is 4.31 Å². The molecule has 1 aliphatic rings. The molecule has 0 spiro atoms. The van der Waals surface area contributed by atoms with E-state index >= 15 is 0 Å². The van der Waals surface area contributed by atoms with Crippen LogP contribution in [0.1, 0.15) is 23.2 Å². The van der Waals surface area contributed by atoms with Gasteiger partial charge in [0.2, 0.25) is 15.9 Å². The summed E-state index contributed by atoms with van der Waals surface area (Å²) in [6.45, 7) is 4.32. The standard InChI is InChI=1S/C18H23N3O3S3/c1-3-14-6-4-5-7-17(14)27(23,24)21-12-25-11-16(21)18(22)19-9-8-15-10-26-13(2)20-15/h4-7,10,16H,3,8-9,11-12H2,1-2H3,(H,19,22)/t16-/m1/s1. The second-order valence-electron chi connectivity index (χ2n) is 6.27. The average Bonchev–Trinajstić information content (AvgIpc) is 3.31. The molecular formula is C18H23N3O3S3. The molecule has 1 aromatic heterocycles. The zero-order valence-corrected chi connectivity index (χ0v) is 17.8. The van der Waals surface area contributed by atoms with Crippen LogP contribution < -0.4 is 5.32 Å². The minimum absolute atomic E-state index is 0.246. The first kappa shape index (κ1) is 20.3. The van der Waals surface area contributed by atoms with Crippen LogP contribution in [0.25, 0.3) is 0 Å². The lowest BCUT2D eigenvalue weighted by atomic mass is 10.2. The van der Waals surface area contributed by atoms with Gasteiger partial charge in [-0.1, -0.05) is 25.1 Å². The molecule has 1 amide bonds. The van der Waals surface area contributed by atoms with Crippen molar-refractivity contribution in [1.82, 2.24) is 14.6 Å². The lowest BCUT2D eigenvalue weighted by Gasteiger charge is -2.23. The molecule has 146 valence electrons. The second kappa shape index (κ2) is 8.72. The fourth-order valence-electron chi connectivity index (χ4n) is 3.00. The number of aromatic nitrogens is 1. The van der Waals surface area contributed by atoms with E-state index in [9.17, 15) is 13.2 Å². The number of nitrogens with zero attached hydrogens (tertiary/aromatic N) is 2. The van der Waals surface area contributed by atoms with Crippen molar-refractivity contribution in [3.63, 3.8) is 0 Å². The average molecular weight is 426 g/mol. The summed E-state index contributed by atoms with van der Waals surface area (Å²) < 4.78 is 27.6. The third-order valence-electron chi connectivity index (χ3n) is 4.43. The van der Waals surface area contributed by atoms with E-state index in [0.29, 0.717) is 35.9 Å². The van der Waals surface area contributed by atoms with Crippen molar-refractivity contribution in [1.29, 1.82) is 0 Å². The number of sulfonamides is 1. The number of hydrogen-bond acceptors (Lipinski definition) is 6. The number of amides is 1. The molecule has 6 nitrogen and oxygen atoms in total. The van der Waals surface area contributed by atoms with Gasteiger partial charge < -0.3 is 5.32 Å². The highest BCUT2D eigenvalue weighted by Gasteiger charge is 2.40. The van der Waals surface area contributed by atoms with Gasteiger partial charge >= 0.3 is 0 Å². The minimum Gasteiger partial charge on any atom is -0.354 e. The Morgan fingerprint density at radius 2 is 2.15 bits per heavy atom. The second-order valence-corrected chi connectivity index (χ2v) is 10.2. The minimum atomic E-state index is -3.71. The van der Waals surface area contributed by atoms with Gasteiger partial charge in [0.1, 0.15) is 6.04 Å². The van der Waals surface area contributed by atoms with Crippen molar-refractivity contribution in [3.05, 3.63) is 45.9 Å². The maximum atomic E-state index is 13.2. The monoisotopic (exact) mass is 425 g/mol. The Kier molecular flexibility index (Phi) is 6.56. The van der Waals surface area contributed by atoms with E-state index in [4.69, 9.17) is 0 Å². The van der Waals surface area contributed by atoms with Crippen LogP contribution in [0.15, 0.2) is 34.5 Å². The zero-order valence-electron chi connectivity index (χ0n) is 15.3. The summed E-state index contributed by atoms with van der Waals surface area (Å²) >= 11 is 3.04. The number of carbonyl (C=O) groups is 1. The van der Waals surface area contributed by atoms with Gasteiger partial charge in [-0.15, -0.1) is 23.1 Å². The van der Waals surface area contributed by atoms with Crippen LogP contribution in [0.4, 0.5) is 0 Å². The van der Waals surface area contributed by atoms with Crippen molar-refractivity contribution in [2.24, 2.45) is 0 Å². The van der Waals surface area contributed by atoms with Gasteiger partial charge in [-0.05, 0) is 25.0 Å². The van der Waals surface area contributed by atoms with E-state index < -0.39 is 16.1 Å². The van der Waals surface area contributed by atoms with Gasteiger partial charge in [0.15, 0.2) is 0 Å². The maximum Gasteiger partial charge on any atom is 0.244 e. The number of rotatable bonds is 7. The van der Waals surface area contributed by atoms with E-state index in [1.165, 1.54) is 16.1 Å². The summed E-state index contributed by atoms with van der Waals surface area (Å²) in [4.78, 5) is 17.3. The van der Waals surface area contributed by atoms with E-state index in [0.717, 1.165) is 16.3 Å². The highest BCUT2D eigenvalue weighted by atomic mass is 32.2. The third-order valence-corrected chi connectivity index (χ3v) is 8.38. The van der Waals surface area contributed by atoms with Gasteiger partial charge in [0, 0.05) is 24.1 Å². The largest absolute Gasteiger partial charge is 0.354 e. The Balaban J connectivity index is 1.69. The third kappa shape index (κ3) is 4.53. The first-order valence-electron chi connectivity index (χ1n) is 8.79. The van der Waals surface area contributed by atoms with Crippen molar-refractivity contribution in [2.75, 3.05) is 18.2 Å². The maximum absolute atomic E-state index is 13.2. The zero-order chi connectivity index (χ0) is 19.4. The Morgan fingerprint density at radius 3 is 2.85 bits per heavy atom. The summed E-state index contributed by atoms with van der Waals surface area (Å²) in [7, 11) is -3.71. The quantitative estimate of drug-likeness (QED) is 0.737. The highest BCUT2D eigenvalue weighted by molar-refractivity contribution is 8.00. The van der Waals surface area contributed by atoms with Gasteiger partial charge in [0.25, 0.3) is 0 Å². The molecule has 9 heteroatoms. The summed E-state index contributed by atoms with van der Waals surface area (Å²) in [5.41, 5.74) is 1.72. The summed E-state index contributed by atoms with van der Waals surface area (Å²) in [6, 6.07) is 6.32. The number of nitrogens with one attached hydrogen (secondary N) is 1. The molecule has 1 aliphatic heterocycles. The number of carbonyl (C=O) groups excluding carboxylic acids is 1. The van der Waals surface area contributed by atoms with Crippen molar-refractivity contribution < 1.29 is 13.2 Å². The molecule has 3 rings (SSSR count). The van der Waals surface area contributed by atoms with E-state index in [-0.39, 0.29) is 5.91 Å². The van der Waals surface area contributed by atoms with E-state index in [2.05, 4.69) is 10.3 Å². The fourth-order valence-corrected chi connectivity index (χ4v) is 7.09. The Labute approximate surface area is 168 Å². The van der Waals surface area contributed by atoms with E-state index in [1.807, 2.05) is 31.4 Å². The van der Waals surface area contributed by atoms with Crippen LogP contribution in [0.2, 0.25) is 0 Å². The Bertz CT molecular complexity index is 911. The van der Waals surface area contributed by atoms with Gasteiger partial charge in [0.05, 0.1) is 21.5 Å². The number of thiazole rings is 1. The first-order valence-corrected chi connectivity index (χ1v) is 12.3. The smallest absolute Gasteiger partial charge is 0.244 e. The molecule has 1 aromatic carbocycles. The van der Waals surface area contributed by atoms with E-state index in [1.54, 1.807) is 23.5 Å². The molecule has 2 aromatic rings. The highest BCUT2D eigenvalue weighted by Crippen LogP contribution is 2.30. The SMILES string of the molecule is CCc1ccccc1S(=O)(=O)N1CSC[C@@H]1C(=O)NCCc1csc(C)n1. The Morgan fingerprint density at radius 1 is 1.37 bits per heavy atom. The molecule has 0 saturated carbocycles. The summed E-state index contributed by atoms with van der Waals surface area (Å²) in [5, 5.41) is 5.84. The van der Waals surface area contributed by atoms with Gasteiger partial charge in [-0.3, -0.25) is 4.79 Å². The van der Waals surface area contributed by atoms with Crippen molar-refractivity contribution in [2.45, 2.75) is 37.6 Å². The molecule has 1 fully saturated rings. The Hall–Kier alpha value is -1.42. The lowest BCUT2D eigenvalue weighted by Crippen LogP contribution is -2.47. The van der Waals surface area contributed by atoms with Crippen LogP contribution in [0.3, 0.4) is 0 Å². The topological polar surface area (TPSA) is 79.4 Å². The van der Waals surface area contributed by atoms with Crippen LogP contribution in [0, 0.1) is 6.92 Å². The van der Waals surface area contributed by atoms with Crippen LogP contribution in [-0.4, -0.2) is 47.8 Å². The number of hydrogen-bond donors (Lipinski definition) is 1. The fraction of sp³-hybridized carbons (Fsp3) is 0.444. The summed E-state index contributed by atoms with van der Waals surface area (Å²) in [6.07, 6.45) is 1.27. The molecule has 1 saturated heterocycles. The number of benzene rings is 1. The molecule has 1 atom stereocenters. The predicted molar refractivity (Wildman–Crippen MR) is 110 cm³/mol. The molecule has 27 heavy (non-hydrogen) atoms. The van der Waals surface area contributed by atoms with Crippen molar-refractivity contribution >= 4 is 39.0 Å². The normalized spacial score (nSPS) is 17.9. The van der Waals surface area contributed by atoms with Crippen LogP contribution >= 0.6 is 23.1 Å². The molecule has 0 unspecified atom stereocenters. The number of thioether (sulfide) groups is 1. The van der Waals surface area contributed by atoms with Crippen LogP contribution in [-0.2, 0) is 27.7 Å². The molecule has 2 heterocycles. The summed E-state index contributed by atoms with van der Waals surface area (Å²) in [5.74, 6) is 0.517. The first-order chi connectivity index (χ1) is 12.9. The van der Waals surface area contributed by atoms with Gasteiger partial charge in [-0.25, -0.2) is 13.4 Å². The number of aryl methyl sites for hydroxylation is 2. The molecular weight excluding hydrogens is 402 g/mol.